The SMILES string of the molecule is CC(C)C.CC(C)C.CC(C)C.CC(C)C.CC(C)C.CC(C)C.CC(C)c1ccc2ccccc2n1.CC(C)c1cnccn1.CC(C)c1nccnn1.CC(C)c1ncnc(C(C)C)n1.c1ccncc1.c1cncnc1. The molecule has 0 bridgehead atoms. The van der Waals surface area contributed by atoms with E-state index >= 15 is 0 Å². The summed E-state index contributed by atoms with van der Waals surface area (Å²) in [6.07, 6.45) is 18.4. The van der Waals surface area contributed by atoms with E-state index in [2.05, 4.69) is 264 Å². The molecule has 6 aromatic heterocycles. The van der Waals surface area contributed by atoms with Crippen LogP contribution in [0.1, 0.15) is 252 Å². The molecule has 7 rings (SSSR count). The number of aromatic nitrogens is 12. The number of fused-ring (bicyclic) bond motifs is 1. The number of pyridine rings is 2. The van der Waals surface area contributed by atoms with Crippen molar-refractivity contribution in [1.82, 2.24) is 60.0 Å². The Morgan fingerprint density at radius 1 is 0.278 bits per heavy atom. The van der Waals surface area contributed by atoms with Gasteiger partial charge in [-0.3, -0.25) is 19.9 Å². The molecule has 7 aromatic rings. The molecule has 1 aromatic carbocycles. The summed E-state index contributed by atoms with van der Waals surface area (Å²) in [5, 5.41) is 8.73. The number of rotatable bonds is 5. The Kier molecular flexibility index (Phi) is 57.2. The maximum Gasteiger partial charge on any atom is 0.153 e. The van der Waals surface area contributed by atoms with E-state index in [0.29, 0.717) is 29.6 Å². The lowest BCUT2D eigenvalue weighted by Crippen LogP contribution is -2.04. The Hall–Kier alpha value is -6.04. The van der Waals surface area contributed by atoms with Gasteiger partial charge in [0.2, 0.25) is 0 Å². The maximum absolute atomic E-state index is 4.57. The molecule has 6 heterocycles. The molecule has 12 heteroatoms. The van der Waals surface area contributed by atoms with Crippen molar-refractivity contribution < 1.29 is 0 Å². The third kappa shape index (κ3) is 68.0. The fourth-order valence-corrected chi connectivity index (χ4v) is 3.98. The minimum Gasteiger partial charge on any atom is -0.265 e. The second-order valence-corrected chi connectivity index (χ2v) is 23.9. The van der Waals surface area contributed by atoms with Crippen LogP contribution in [-0.2, 0) is 0 Å². The third-order valence-corrected chi connectivity index (χ3v) is 7.09. The van der Waals surface area contributed by atoms with Gasteiger partial charge in [-0.05, 0) is 77.7 Å². The Balaban J connectivity index is -0.000000260. The highest BCUT2D eigenvalue weighted by Crippen LogP contribution is 2.17. The van der Waals surface area contributed by atoms with Gasteiger partial charge >= 0.3 is 0 Å². The van der Waals surface area contributed by atoms with Gasteiger partial charge in [0.1, 0.15) is 24.3 Å². The lowest BCUT2D eigenvalue weighted by molar-refractivity contribution is 0.693. The van der Waals surface area contributed by atoms with Crippen molar-refractivity contribution in [1.29, 1.82) is 0 Å². The van der Waals surface area contributed by atoms with E-state index in [0.717, 1.165) is 64.2 Å². The summed E-state index contributed by atoms with van der Waals surface area (Å²) in [6, 6.07) is 19.9. The molecular weight excluding hydrogens is 973 g/mol. The Morgan fingerprint density at radius 3 is 0.975 bits per heavy atom. The van der Waals surface area contributed by atoms with Gasteiger partial charge in [0, 0.05) is 78.4 Å². The fraction of sp³-hybridized carbons (Fsp3) is 0.582. The third-order valence-electron chi connectivity index (χ3n) is 7.09. The maximum atomic E-state index is 4.57. The summed E-state index contributed by atoms with van der Waals surface area (Å²) in [4.78, 5) is 40.3. The standard InChI is InChI=1S/C12H13N.C9H15N3.C7H10N2.C6H9N3.C5H5N.C4H4N2.6C4H10/c1-9(2)11-8-7-10-5-3-4-6-12(10)13-11;1-6(2)8-10-5-11-9(12-8)7(3)4;1-6(2)7-5-8-3-4-9-7;1-5(2)6-7-3-4-8-9-6;1-2-4-6-5-3-1;1-2-5-4-6-3-1;6*1-4(2)3/h3-9H,1-2H3;5-7H,1-4H3;3-6H,1-2H3;3-5H,1-2H3;1-5H;1-4H;6*4H,1-3H3. The van der Waals surface area contributed by atoms with Gasteiger partial charge in [0.25, 0.3) is 0 Å². The van der Waals surface area contributed by atoms with Gasteiger partial charge in [-0.15, -0.1) is 5.10 Å². The first-order chi connectivity index (χ1) is 36.9. The summed E-state index contributed by atoms with van der Waals surface area (Å²) in [7, 11) is 0. The fourth-order valence-electron chi connectivity index (χ4n) is 3.98. The molecular formula is C67H116N12. The minimum absolute atomic E-state index is 0.374. The summed E-state index contributed by atoms with van der Waals surface area (Å²) >= 11 is 0. The highest BCUT2D eigenvalue weighted by molar-refractivity contribution is 5.78. The van der Waals surface area contributed by atoms with E-state index in [1.54, 1.807) is 68.2 Å². The zero-order valence-corrected chi connectivity index (χ0v) is 55.3. The highest BCUT2D eigenvalue weighted by atomic mass is 15.1. The molecule has 0 fully saturated rings. The number of hydrogen-bond donors (Lipinski definition) is 0. The summed E-state index contributed by atoms with van der Waals surface area (Å²) in [6.45, 7) is 59.9. The first-order valence-corrected chi connectivity index (χ1v) is 28.9. The van der Waals surface area contributed by atoms with Crippen molar-refractivity contribution in [3.05, 3.63) is 158 Å². The van der Waals surface area contributed by atoms with Crippen LogP contribution in [0.25, 0.3) is 10.9 Å². The van der Waals surface area contributed by atoms with E-state index in [4.69, 9.17) is 0 Å². The van der Waals surface area contributed by atoms with Crippen LogP contribution in [0.15, 0.2) is 129 Å². The van der Waals surface area contributed by atoms with Crippen LogP contribution in [-0.4, -0.2) is 60.0 Å². The highest BCUT2D eigenvalue weighted by Gasteiger charge is 2.07. The van der Waals surface area contributed by atoms with Gasteiger partial charge < -0.3 is 0 Å². The monoisotopic (exact) mass is 1090 g/mol. The molecule has 0 amide bonds. The molecule has 0 saturated heterocycles. The summed E-state index contributed by atoms with van der Waals surface area (Å²) in [5.41, 5.74) is 3.31. The van der Waals surface area contributed by atoms with Crippen LogP contribution in [0.2, 0.25) is 0 Å². The molecule has 0 aliphatic rings. The Morgan fingerprint density at radius 2 is 0.696 bits per heavy atom. The zero-order valence-electron chi connectivity index (χ0n) is 55.3. The van der Waals surface area contributed by atoms with E-state index in [1.165, 1.54) is 17.4 Å². The molecule has 0 N–H and O–H groups in total. The molecule has 0 aliphatic carbocycles. The van der Waals surface area contributed by atoms with Crippen LogP contribution in [0.5, 0.6) is 0 Å². The average molecular weight is 1090 g/mol. The Labute approximate surface area is 485 Å². The summed E-state index contributed by atoms with van der Waals surface area (Å²) in [5.74, 6) is 9.69. The predicted molar refractivity (Wildman–Crippen MR) is 343 cm³/mol. The van der Waals surface area contributed by atoms with Crippen molar-refractivity contribution in [2.45, 2.75) is 223 Å². The van der Waals surface area contributed by atoms with Gasteiger partial charge in [0.15, 0.2) is 5.82 Å². The summed E-state index contributed by atoms with van der Waals surface area (Å²) < 4.78 is 0. The van der Waals surface area contributed by atoms with Crippen molar-refractivity contribution in [2.75, 3.05) is 0 Å². The second-order valence-electron chi connectivity index (χ2n) is 23.9. The van der Waals surface area contributed by atoms with Gasteiger partial charge in [-0.1, -0.05) is 224 Å². The number of benzene rings is 1. The number of hydrogen-bond acceptors (Lipinski definition) is 12. The average Bonchev–Trinajstić information content (AvgIpc) is 3.38. The normalized spacial score (nSPS) is 9.76. The largest absolute Gasteiger partial charge is 0.265 e. The van der Waals surface area contributed by atoms with E-state index in [-0.39, 0.29) is 0 Å². The molecule has 0 aliphatic heterocycles. The lowest BCUT2D eigenvalue weighted by atomic mass is 10.1. The van der Waals surface area contributed by atoms with Gasteiger partial charge in [-0.2, -0.15) is 5.10 Å². The molecule has 0 atom stereocenters. The lowest BCUT2D eigenvalue weighted by Gasteiger charge is -2.06. The minimum atomic E-state index is 0.374. The molecule has 444 valence electrons. The van der Waals surface area contributed by atoms with Crippen LogP contribution in [0.3, 0.4) is 0 Å². The van der Waals surface area contributed by atoms with Gasteiger partial charge in [0.05, 0.1) is 17.4 Å². The second kappa shape index (κ2) is 55.3. The first-order valence-electron chi connectivity index (χ1n) is 28.9. The van der Waals surface area contributed by atoms with Crippen molar-refractivity contribution in [3.8, 4) is 0 Å². The van der Waals surface area contributed by atoms with Crippen LogP contribution < -0.4 is 0 Å². The molecule has 0 saturated carbocycles. The van der Waals surface area contributed by atoms with Crippen molar-refractivity contribution >= 4 is 10.9 Å². The molecule has 0 spiro atoms. The Bertz CT molecular complexity index is 2040. The molecule has 0 unspecified atom stereocenters. The van der Waals surface area contributed by atoms with Gasteiger partial charge in [-0.25, -0.2) is 29.9 Å². The molecule has 12 nitrogen and oxygen atoms in total. The van der Waals surface area contributed by atoms with Crippen LogP contribution >= 0.6 is 0 Å². The van der Waals surface area contributed by atoms with Crippen molar-refractivity contribution in [3.63, 3.8) is 0 Å². The number of nitrogens with zero attached hydrogens (tertiary/aromatic N) is 12. The van der Waals surface area contributed by atoms with E-state index in [9.17, 15) is 0 Å². The topological polar surface area (TPSA) is 155 Å². The molecule has 79 heavy (non-hydrogen) atoms. The quantitative estimate of drug-likeness (QED) is 0.161. The van der Waals surface area contributed by atoms with Crippen LogP contribution in [0, 0.1) is 35.5 Å². The predicted octanol–water partition coefficient (Wildman–Crippen LogP) is 19.6. The smallest absolute Gasteiger partial charge is 0.153 e. The van der Waals surface area contributed by atoms with Crippen LogP contribution in [0.4, 0.5) is 0 Å². The zero-order chi connectivity index (χ0) is 61.7. The van der Waals surface area contributed by atoms with Crippen molar-refractivity contribution in [2.24, 2.45) is 35.5 Å². The van der Waals surface area contributed by atoms with E-state index in [1.807, 2.05) is 44.2 Å². The molecule has 0 radical (unpaired) electrons. The number of para-hydroxylation sites is 1. The first kappa shape index (κ1) is 81.8. The van der Waals surface area contributed by atoms with E-state index < -0.39 is 0 Å².